The van der Waals surface area contributed by atoms with Gasteiger partial charge in [-0.05, 0) is 42.8 Å². The molecule has 5 nitrogen and oxygen atoms in total. The van der Waals surface area contributed by atoms with E-state index in [0.717, 1.165) is 10.0 Å². The molecule has 0 aliphatic rings. The number of hydrogen-bond acceptors (Lipinski definition) is 5. The highest BCUT2D eigenvalue weighted by Gasteiger charge is 2.23. The molecule has 2 aromatic carbocycles. The van der Waals surface area contributed by atoms with Gasteiger partial charge in [-0.25, -0.2) is 4.79 Å². The highest BCUT2D eigenvalue weighted by atomic mass is 79.9. The van der Waals surface area contributed by atoms with Crippen molar-refractivity contribution in [3.05, 3.63) is 67.9 Å². The van der Waals surface area contributed by atoms with Crippen LogP contribution in [0.4, 0.5) is 5.00 Å². The molecule has 1 N–H and O–H groups in total. The van der Waals surface area contributed by atoms with Gasteiger partial charge in [0.15, 0.2) is 6.61 Å². The summed E-state index contributed by atoms with van der Waals surface area (Å²) in [4.78, 5) is 25.0. The Morgan fingerprint density at radius 1 is 1.13 bits per heavy atom. The lowest BCUT2D eigenvalue weighted by Crippen LogP contribution is -2.21. The van der Waals surface area contributed by atoms with Crippen molar-refractivity contribution in [3.8, 4) is 16.9 Å². The topological polar surface area (TPSA) is 64.6 Å². The molecule has 3 aromatic rings. The molecule has 0 fully saturated rings. The smallest absolute Gasteiger partial charge is 0.341 e. The molecule has 0 aliphatic heterocycles. The van der Waals surface area contributed by atoms with E-state index in [4.69, 9.17) is 32.7 Å². The van der Waals surface area contributed by atoms with E-state index in [1.165, 1.54) is 17.4 Å². The number of anilines is 1. The zero-order chi connectivity index (χ0) is 21.7. The van der Waals surface area contributed by atoms with Crippen LogP contribution in [0, 0.1) is 0 Å². The molecule has 0 spiro atoms. The molecule has 0 saturated heterocycles. The Hall–Kier alpha value is -2.06. The number of thiophene rings is 1. The number of ether oxygens (including phenoxy) is 2. The Kier molecular flexibility index (Phi) is 7.77. The summed E-state index contributed by atoms with van der Waals surface area (Å²) in [6, 6.07) is 12.2. The molecule has 0 atom stereocenters. The summed E-state index contributed by atoms with van der Waals surface area (Å²) in [5, 5.41) is 5.70. The fourth-order valence-electron chi connectivity index (χ4n) is 2.60. The molecule has 0 aliphatic carbocycles. The molecule has 0 unspecified atom stereocenters. The molecule has 9 heteroatoms. The number of halogens is 3. The average molecular weight is 529 g/mol. The predicted octanol–water partition coefficient (Wildman–Crippen LogP) is 6.68. The molecule has 156 valence electrons. The molecule has 3 rings (SSSR count). The molecule has 30 heavy (non-hydrogen) atoms. The fraction of sp³-hybridized carbons (Fsp3) is 0.143. The molecule has 0 bridgehead atoms. The minimum absolute atomic E-state index is 0.222. The minimum atomic E-state index is -0.506. The van der Waals surface area contributed by atoms with Crippen LogP contribution in [-0.2, 0) is 9.53 Å². The lowest BCUT2D eigenvalue weighted by molar-refractivity contribution is -0.118. The van der Waals surface area contributed by atoms with Crippen molar-refractivity contribution in [1.29, 1.82) is 0 Å². The third-order valence-corrected chi connectivity index (χ3v) is 5.89. The first-order valence-corrected chi connectivity index (χ1v) is 11.2. The van der Waals surface area contributed by atoms with Crippen LogP contribution in [0.1, 0.15) is 17.3 Å². The first kappa shape index (κ1) is 22.6. The van der Waals surface area contributed by atoms with E-state index in [-0.39, 0.29) is 13.2 Å². The monoisotopic (exact) mass is 527 g/mol. The molecule has 1 heterocycles. The van der Waals surface area contributed by atoms with Gasteiger partial charge in [-0.3, -0.25) is 4.79 Å². The van der Waals surface area contributed by atoms with Crippen LogP contribution in [0.3, 0.4) is 0 Å². The van der Waals surface area contributed by atoms with Gasteiger partial charge in [-0.15, -0.1) is 11.3 Å². The Bertz CT molecular complexity index is 1070. The van der Waals surface area contributed by atoms with Crippen molar-refractivity contribution in [2.45, 2.75) is 6.92 Å². The Morgan fingerprint density at radius 2 is 1.87 bits per heavy atom. The van der Waals surface area contributed by atoms with Crippen LogP contribution in [0.25, 0.3) is 11.1 Å². The molecule has 1 aromatic heterocycles. The standard InChI is InChI=1S/C21H16BrCl2NO4S/c1-2-28-21(27)19-15(12-3-5-13(22)6-4-12)11-30-20(19)25-18(26)10-29-17-8-7-14(23)9-16(17)24/h3-9,11H,2,10H2,1H3,(H,25,26). The number of esters is 1. The SMILES string of the molecule is CCOC(=O)c1c(-c2ccc(Br)cc2)csc1NC(=O)COc1ccc(Cl)cc1Cl. The first-order valence-electron chi connectivity index (χ1n) is 8.81. The number of rotatable bonds is 7. The van der Waals surface area contributed by atoms with E-state index in [1.54, 1.807) is 19.1 Å². The van der Waals surface area contributed by atoms with Gasteiger partial charge >= 0.3 is 5.97 Å². The second-order valence-electron chi connectivity index (χ2n) is 5.99. The van der Waals surface area contributed by atoms with Crippen LogP contribution in [-0.4, -0.2) is 25.1 Å². The van der Waals surface area contributed by atoms with Crippen LogP contribution >= 0.6 is 50.5 Å². The first-order chi connectivity index (χ1) is 14.4. The maximum absolute atomic E-state index is 12.6. The van der Waals surface area contributed by atoms with Gasteiger partial charge in [0.05, 0.1) is 11.6 Å². The highest BCUT2D eigenvalue weighted by Crippen LogP contribution is 2.36. The third kappa shape index (κ3) is 5.55. The van der Waals surface area contributed by atoms with Crippen LogP contribution in [0.2, 0.25) is 10.0 Å². The second kappa shape index (κ2) is 10.3. The van der Waals surface area contributed by atoms with E-state index < -0.39 is 11.9 Å². The summed E-state index contributed by atoms with van der Waals surface area (Å²) < 4.78 is 11.6. The molecular weight excluding hydrogens is 513 g/mol. The highest BCUT2D eigenvalue weighted by molar-refractivity contribution is 9.10. The van der Waals surface area contributed by atoms with Gasteiger partial charge in [0, 0.05) is 20.4 Å². The predicted molar refractivity (Wildman–Crippen MR) is 124 cm³/mol. The minimum Gasteiger partial charge on any atom is -0.482 e. The van der Waals surface area contributed by atoms with E-state index in [1.807, 2.05) is 29.6 Å². The van der Waals surface area contributed by atoms with Gasteiger partial charge < -0.3 is 14.8 Å². The van der Waals surface area contributed by atoms with Crippen molar-refractivity contribution in [3.63, 3.8) is 0 Å². The Balaban J connectivity index is 1.79. The van der Waals surface area contributed by atoms with Crippen LogP contribution < -0.4 is 10.1 Å². The number of carbonyl (C=O) groups excluding carboxylic acids is 2. The lowest BCUT2D eigenvalue weighted by Gasteiger charge is -2.10. The summed E-state index contributed by atoms with van der Waals surface area (Å²) in [6.07, 6.45) is 0. The second-order valence-corrected chi connectivity index (χ2v) is 8.63. The van der Waals surface area contributed by atoms with E-state index in [0.29, 0.717) is 31.9 Å². The van der Waals surface area contributed by atoms with Crippen molar-refractivity contribution >= 4 is 67.3 Å². The summed E-state index contributed by atoms with van der Waals surface area (Å²) in [6.45, 7) is 1.67. The maximum Gasteiger partial charge on any atom is 0.341 e. The zero-order valence-corrected chi connectivity index (χ0v) is 19.6. The quantitative estimate of drug-likeness (QED) is 0.347. The van der Waals surface area contributed by atoms with Gasteiger partial charge in [0.1, 0.15) is 16.3 Å². The largest absolute Gasteiger partial charge is 0.482 e. The number of carbonyl (C=O) groups is 2. The fourth-order valence-corrected chi connectivity index (χ4v) is 4.30. The van der Waals surface area contributed by atoms with Crippen molar-refractivity contribution in [2.24, 2.45) is 0 Å². The summed E-state index contributed by atoms with van der Waals surface area (Å²) in [5.41, 5.74) is 1.83. The molecular formula is C21H16BrCl2NO4S. The Labute approximate surface area is 196 Å². The maximum atomic E-state index is 12.6. The van der Waals surface area contributed by atoms with Crippen molar-refractivity contribution in [2.75, 3.05) is 18.5 Å². The average Bonchev–Trinajstić information content (AvgIpc) is 3.11. The van der Waals surface area contributed by atoms with Gasteiger partial charge in [0.2, 0.25) is 0 Å². The zero-order valence-electron chi connectivity index (χ0n) is 15.7. The van der Waals surface area contributed by atoms with E-state index in [2.05, 4.69) is 21.2 Å². The molecule has 0 radical (unpaired) electrons. The lowest BCUT2D eigenvalue weighted by atomic mass is 10.0. The third-order valence-electron chi connectivity index (χ3n) is 3.93. The Morgan fingerprint density at radius 3 is 2.53 bits per heavy atom. The van der Waals surface area contributed by atoms with Crippen molar-refractivity contribution < 1.29 is 19.1 Å². The summed E-state index contributed by atoms with van der Waals surface area (Å²) in [5.74, 6) is -0.604. The molecule has 1 amide bonds. The summed E-state index contributed by atoms with van der Waals surface area (Å²) >= 11 is 16.5. The van der Waals surface area contributed by atoms with Crippen LogP contribution in [0.15, 0.2) is 52.3 Å². The normalized spacial score (nSPS) is 10.5. The molecule has 0 saturated carbocycles. The van der Waals surface area contributed by atoms with E-state index in [9.17, 15) is 9.59 Å². The number of hydrogen-bond donors (Lipinski definition) is 1. The number of nitrogens with one attached hydrogen (secondary N) is 1. The van der Waals surface area contributed by atoms with E-state index >= 15 is 0 Å². The van der Waals surface area contributed by atoms with Gasteiger partial charge in [-0.1, -0.05) is 51.3 Å². The van der Waals surface area contributed by atoms with Crippen LogP contribution in [0.5, 0.6) is 5.75 Å². The van der Waals surface area contributed by atoms with Gasteiger partial charge in [0.25, 0.3) is 5.91 Å². The number of benzene rings is 2. The number of amides is 1. The van der Waals surface area contributed by atoms with Crippen molar-refractivity contribution in [1.82, 2.24) is 0 Å². The van der Waals surface area contributed by atoms with Gasteiger partial charge in [-0.2, -0.15) is 0 Å². The summed E-state index contributed by atoms with van der Waals surface area (Å²) in [7, 11) is 0.